The van der Waals surface area contributed by atoms with Crippen molar-refractivity contribution in [3.05, 3.63) is 59.1 Å². The molecule has 2 aromatic rings. The van der Waals surface area contributed by atoms with Crippen molar-refractivity contribution in [1.29, 1.82) is 0 Å². The fourth-order valence-electron chi connectivity index (χ4n) is 3.54. The van der Waals surface area contributed by atoms with Crippen LogP contribution in [0, 0.1) is 0 Å². The van der Waals surface area contributed by atoms with Crippen LogP contribution in [-0.4, -0.2) is 45.2 Å². The maximum Gasteiger partial charge on any atom is 0.282 e. The van der Waals surface area contributed by atoms with E-state index in [2.05, 4.69) is 17.4 Å². The van der Waals surface area contributed by atoms with E-state index in [1.165, 1.54) is 10.5 Å². The van der Waals surface area contributed by atoms with E-state index in [9.17, 15) is 4.79 Å². The van der Waals surface area contributed by atoms with Crippen molar-refractivity contribution in [2.45, 2.75) is 19.5 Å². The van der Waals surface area contributed by atoms with Gasteiger partial charge in [0, 0.05) is 16.3 Å². The van der Waals surface area contributed by atoms with Gasteiger partial charge in [-0.25, -0.2) is 0 Å². The lowest BCUT2D eigenvalue weighted by molar-refractivity contribution is -1.02. The molecule has 3 N–H and O–H groups in total. The Kier molecular flexibility index (Phi) is 6.72. The van der Waals surface area contributed by atoms with Gasteiger partial charge in [-0.2, -0.15) is 0 Å². The van der Waals surface area contributed by atoms with Gasteiger partial charge in [0.1, 0.15) is 38.5 Å². The molecule has 0 unspecified atom stereocenters. The molecule has 1 saturated heterocycles. The van der Waals surface area contributed by atoms with E-state index in [-0.39, 0.29) is 11.9 Å². The molecule has 144 valence electrons. The SMILES string of the molecule is COc1ccc(C[NH+]2CC[NH+]([C@H](C)C(=O)Nc3ccc(Cl)cc3)CC2)cc1. The molecule has 1 aliphatic heterocycles. The summed E-state index contributed by atoms with van der Waals surface area (Å²) in [5, 5.41) is 3.66. The minimum atomic E-state index is -0.0665. The summed E-state index contributed by atoms with van der Waals surface area (Å²) in [6, 6.07) is 15.5. The third-order valence-electron chi connectivity index (χ3n) is 5.33. The van der Waals surface area contributed by atoms with Gasteiger partial charge < -0.3 is 19.9 Å². The van der Waals surface area contributed by atoms with E-state index in [0.717, 1.165) is 44.2 Å². The highest BCUT2D eigenvalue weighted by Gasteiger charge is 2.31. The average molecular weight is 390 g/mol. The summed E-state index contributed by atoms with van der Waals surface area (Å²) in [6.45, 7) is 7.17. The van der Waals surface area contributed by atoms with E-state index in [4.69, 9.17) is 16.3 Å². The van der Waals surface area contributed by atoms with Gasteiger partial charge in [0.25, 0.3) is 5.91 Å². The third kappa shape index (κ3) is 5.45. The monoisotopic (exact) mass is 389 g/mol. The summed E-state index contributed by atoms with van der Waals surface area (Å²) in [5.74, 6) is 0.953. The molecule has 5 nitrogen and oxygen atoms in total. The number of hydrogen-bond acceptors (Lipinski definition) is 2. The second-order valence-corrected chi connectivity index (χ2v) is 7.59. The van der Waals surface area contributed by atoms with E-state index in [1.807, 2.05) is 31.2 Å². The topological polar surface area (TPSA) is 47.2 Å². The van der Waals surface area contributed by atoms with E-state index < -0.39 is 0 Å². The number of hydrogen-bond donors (Lipinski definition) is 3. The minimum Gasteiger partial charge on any atom is -0.497 e. The molecule has 6 heteroatoms. The number of anilines is 1. The van der Waals surface area contributed by atoms with Gasteiger partial charge in [-0.1, -0.05) is 11.6 Å². The summed E-state index contributed by atoms with van der Waals surface area (Å²) >= 11 is 5.89. The first-order chi connectivity index (χ1) is 13.0. The van der Waals surface area contributed by atoms with Crippen LogP contribution in [0.2, 0.25) is 5.02 Å². The Bertz CT molecular complexity index is 741. The molecule has 0 bridgehead atoms. The van der Waals surface area contributed by atoms with Crippen LogP contribution in [0.1, 0.15) is 12.5 Å². The lowest BCUT2D eigenvalue weighted by Crippen LogP contribution is -3.29. The minimum absolute atomic E-state index is 0.0610. The van der Waals surface area contributed by atoms with Crippen molar-refractivity contribution >= 4 is 23.2 Å². The van der Waals surface area contributed by atoms with E-state index >= 15 is 0 Å². The lowest BCUT2D eigenvalue weighted by atomic mass is 10.1. The molecule has 27 heavy (non-hydrogen) atoms. The van der Waals surface area contributed by atoms with Crippen molar-refractivity contribution in [2.75, 3.05) is 38.6 Å². The Hall–Kier alpha value is -2.08. The zero-order valence-electron chi connectivity index (χ0n) is 15.9. The van der Waals surface area contributed by atoms with Crippen LogP contribution >= 0.6 is 11.6 Å². The molecular formula is C21H28ClN3O2+2. The smallest absolute Gasteiger partial charge is 0.282 e. The van der Waals surface area contributed by atoms with Crippen LogP contribution in [0.5, 0.6) is 5.75 Å². The number of nitrogens with one attached hydrogen (secondary N) is 3. The van der Waals surface area contributed by atoms with Crippen molar-refractivity contribution in [3.63, 3.8) is 0 Å². The number of amides is 1. The van der Waals surface area contributed by atoms with Crippen LogP contribution in [0.4, 0.5) is 5.69 Å². The summed E-state index contributed by atoms with van der Waals surface area (Å²) in [7, 11) is 1.69. The van der Waals surface area contributed by atoms with Gasteiger partial charge in [-0.15, -0.1) is 0 Å². The molecule has 3 rings (SSSR count). The molecule has 2 aromatic carbocycles. The zero-order valence-corrected chi connectivity index (χ0v) is 16.7. The second-order valence-electron chi connectivity index (χ2n) is 7.15. The standard InChI is InChI=1S/C21H26ClN3O2/c1-16(21(26)23-19-7-5-18(22)6-8-19)25-13-11-24(12-14-25)15-17-3-9-20(27-2)10-4-17/h3-10,16H,11-15H2,1-2H3,(H,23,26)/p+2/t16-/m1/s1. The first-order valence-electron chi connectivity index (χ1n) is 9.42. The van der Waals surface area contributed by atoms with Gasteiger partial charge in [-0.05, 0) is 55.5 Å². The van der Waals surface area contributed by atoms with E-state index in [0.29, 0.717) is 5.02 Å². The number of carbonyl (C=O) groups is 1. The fourth-order valence-corrected chi connectivity index (χ4v) is 3.66. The summed E-state index contributed by atoms with van der Waals surface area (Å²) in [4.78, 5) is 15.5. The molecule has 0 aliphatic carbocycles. The largest absolute Gasteiger partial charge is 0.497 e. The number of halogens is 1. The van der Waals surface area contributed by atoms with Crippen LogP contribution in [-0.2, 0) is 11.3 Å². The predicted octanol–water partition coefficient (Wildman–Crippen LogP) is 0.659. The Morgan fingerprint density at radius 3 is 2.30 bits per heavy atom. The molecule has 1 amide bonds. The van der Waals surface area contributed by atoms with Crippen LogP contribution < -0.4 is 19.9 Å². The number of quaternary nitrogens is 2. The van der Waals surface area contributed by atoms with Crippen LogP contribution in [0.15, 0.2) is 48.5 Å². The Morgan fingerprint density at radius 1 is 1.07 bits per heavy atom. The Morgan fingerprint density at radius 2 is 1.70 bits per heavy atom. The molecule has 0 saturated carbocycles. The zero-order chi connectivity index (χ0) is 19.2. The van der Waals surface area contributed by atoms with E-state index in [1.54, 1.807) is 24.1 Å². The highest BCUT2D eigenvalue weighted by atomic mass is 35.5. The van der Waals surface area contributed by atoms with Gasteiger partial charge >= 0.3 is 0 Å². The molecule has 0 radical (unpaired) electrons. The van der Waals surface area contributed by atoms with Gasteiger partial charge in [0.05, 0.1) is 7.11 Å². The first kappa shape index (κ1) is 19.7. The third-order valence-corrected chi connectivity index (χ3v) is 5.58. The lowest BCUT2D eigenvalue weighted by Gasteiger charge is -2.32. The van der Waals surface area contributed by atoms with Crippen molar-refractivity contribution in [1.82, 2.24) is 0 Å². The molecule has 1 atom stereocenters. The number of methoxy groups -OCH3 is 1. The molecule has 1 aliphatic rings. The highest BCUT2D eigenvalue weighted by Crippen LogP contribution is 2.13. The molecule has 1 fully saturated rings. The molecular weight excluding hydrogens is 362 g/mol. The fraction of sp³-hybridized carbons (Fsp3) is 0.381. The van der Waals surface area contributed by atoms with Gasteiger partial charge in [-0.3, -0.25) is 4.79 Å². The van der Waals surface area contributed by atoms with Gasteiger partial charge in [0.15, 0.2) is 6.04 Å². The normalized spacial score (nSPS) is 20.7. The van der Waals surface area contributed by atoms with Crippen LogP contribution in [0.3, 0.4) is 0 Å². The Labute approximate surface area is 165 Å². The molecule has 0 spiro atoms. The number of piperazine rings is 1. The highest BCUT2D eigenvalue weighted by molar-refractivity contribution is 6.30. The van der Waals surface area contributed by atoms with Crippen LogP contribution in [0.25, 0.3) is 0 Å². The Balaban J connectivity index is 1.47. The maximum absolute atomic E-state index is 12.5. The van der Waals surface area contributed by atoms with Crippen molar-refractivity contribution in [2.24, 2.45) is 0 Å². The van der Waals surface area contributed by atoms with Crippen molar-refractivity contribution in [3.8, 4) is 5.75 Å². The molecule has 0 aromatic heterocycles. The summed E-state index contributed by atoms with van der Waals surface area (Å²) < 4.78 is 5.22. The molecule has 1 heterocycles. The number of ether oxygens (including phenoxy) is 1. The van der Waals surface area contributed by atoms with Gasteiger partial charge in [0.2, 0.25) is 0 Å². The second kappa shape index (κ2) is 9.22. The summed E-state index contributed by atoms with van der Waals surface area (Å²) in [5.41, 5.74) is 2.11. The number of benzene rings is 2. The predicted molar refractivity (Wildman–Crippen MR) is 108 cm³/mol. The van der Waals surface area contributed by atoms with Crippen molar-refractivity contribution < 1.29 is 19.3 Å². The average Bonchev–Trinajstić information content (AvgIpc) is 2.70. The quantitative estimate of drug-likeness (QED) is 0.679. The summed E-state index contributed by atoms with van der Waals surface area (Å²) in [6.07, 6.45) is 0. The maximum atomic E-state index is 12.5. The first-order valence-corrected chi connectivity index (χ1v) is 9.80. The number of carbonyl (C=O) groups excluding carboxylic acids is 1. The number of rotatable bonds is 6.